The zero-order valence-corrected chi connectivity index (χ0v) is 15.7. The van der Waals surface area contributed by atoms with Crippen LogP contribution in [0.15, 0.2) is 0 Å². The van der Waals surface area contributed by atoms with Gasteiger partial charge in [-0.1, -0.05) is 25.7 Å². The van der Waals surface area contributed by atoms with Gasteiger partial charge in [0.1, 0.15) is 10.5 Å². The van der Waals surface area contributed by atoms with Crippen molar-refractivity contribution in [2.45, 2.75) is 64.4 Å². The van der Waals surface area contributed by atoms with E-state index in [1.165, 1.54) is 0 Å². The normalized spacial score (nSPS) is 12.1. The van der Waals surface area contributed by atoms with Crippen molar-refractivity contribution in [3.8, 4) is 0 Å². The molecule has 0 aliphatic carbocycles. The minimum atomic E-state index is -2.10. The smallest absolute Gasteiger partial charge is 0.200 e. The van der Waals surface area contributed by atoms with Crippen molar-refractivity contribution in [2.75, 3.05) is 0 Å². The van der Waals surface area contributed by atoms with Crippen molar-refractivity contribution in [1.29, 1.82) is 0 Å². The number of rotatable bonds is 9. The highest BCUT2D eigenvalue weighted by molar-refractivity contribution is 5.98. The van der Waals surface area contributed by atoms with E-state index in [1.807, 2.05) is 13.8 Å². The Hall–Kier alpha value is -0.953. The average Bonchev–Trinajstić information content (AvgIpc) is 2.53. The summed E-state index contributed by atoms with van der Waals surface area (Å²) in [5, 5.41) is 0. The summed E-state index contributed by atoms with van der Waals surface area (Å²) in [7, 11) is 0.690. The summed E-state index contributed by atoms with van der Waals surface area (Å²) in [5.74, 6) is -9.28. The molecule has 0 aliphatic heterocycles. The lowest BCUT2D eigenvalue weighted by Crippen LogP contribution is -2.22. The molecule has 0 aliphatic rings. The van der Waals surface area contributed by atoms with Gasteiger partial charge < -0.3 is 4.43 Å². The molecule has 0 radical (unpaired) electrons. The van der Waals surface area contributed by atoms with Crippen molar-refractivity contribution in [1.82, 2.24) is 0 Å². The first-order valence-corrected chi connectivity index (χ1v) is 8.58. The van der Waals surface area contributed by atoms with E-state index in [0.717, 1.165) is 25.7 Å². The van der Waals surface area contributed by atoms with Crippen LogP contribution in [-0.4, -0.2) is 16.1 Å². The van der Waals surface area contributed by atoms with Gasteiger partial charge >= 0.3 is 0 Å². The average molecular weight is 354 g/mol. The lowest BCUT2D eigenvalue weighted by atomic mass is 9.99. The third kappa shape index (κ3) is 5.56. The second-order valence-electron chi connectivity index (χ2n) is 6.28. The van der Waals surface area contributed by atoms with E-state index in [1.54, 1.807) is 0 Å². The number of hydrogen-bond donors (Lipinski definition) is 0. The fraction of sp³-hybridized carbons (Fsp3) is 0.625. The zero-order chi connectivity index (χ0) is 17.6. The maximum absolute atomic E-state index is 13.5. The molecule has 0 fully saturated rings. The van der Waals surface area contributed by atoms with Crippen LogP contribution in [0.25, 0.3) is 0 Å². The van der Waals surface area contributed by atoms with Gasteiger partial charge in [0.2, 0.25) is 5.82 Å². The molecule has 0 heterocycles. The summed E-state index contributed by atoms with van der Waals surface area (Å²) in [4.78, 5) is 0. The summed E-state index contributed by atoms with van der Waals surface area (Å²) in [6.45, 7) is 4.06. The molecule has 132 valence electrons. The third-order valence-corrected chi connectivity index (χ3v) is 5.16. The molecule has 23 heavy (non-hydrogen) atoms. The number of hydrogen-bond acceptors (Lipinski definition) is 1. The van der Waals surface area contributed by atoms with Crippen LogP contribution in [0.2, 0.25) is 0 Å². The van der Waals surface area contributed by atoms with Crippen LogP contribution < -0.4 is 0 Å². The van der Waals surface area contributed by atoms with Gasteiger partial charge in [-0.25, -0.2) is 22.0 Å². The molecule has 0 unspecified atom stereocenters. The van der Waals surface area contributed by atoms with E-state index >= 15 is 0 Å². The van der Waals surface area contributed by atoms with E-state index in [2.05, 4.69) is 0 Å². The largest absolute Gasteiger partial charge is 0.423 e. The fourth-order valence-electron chi connectivity index (χ4n) is 2.35. The minimum absolute atomic E-state index is 0.109. The Kier molecular flexibility index (Phi) is 7.67. The summed E-state index contributed by atoms with van der Waals surface area (Å²) in [6, 6.07) is 0. The van der Waals surface area contributed by atoms with Gasteiger partial charge in [0, 0.05) is 11.2 Å². The van der Waals surface area contributed by atoms with E-state index in [4.69, 9.17) is 4.43 Å². The van der Waals surface area contributed by atoms with Crippen LogP contribution in [0.3, 0.4) is 0 Å². The van der Waals surface area contributed by atoms with Gasteiger partial charge in [-0.2, -0.15) is 0 Å². The molecule has 1 aromatic carbocycles. The van der Waals surface area contributed by atoms with Gasteiger partial charge in [-0.15, -0.1) is 0 Å². The molecule has 0 aromatic heterocycles. The molecular weight excluding hydrogens is 331 g/mol. The number of unbranched alkanes of at least 4 members (excludes halogenated alkanes) is 4. The first-order valence-electron chi connectivity index (χ1n) is 7.76. The quantitative estimate of drug-likeness (QED) is 0.211. The Morgan fingerprint density at radius 2 is 1.17 bits per heavy atom. The Morgan fingerprint density at radius 3 is 1.70 bits per heavy atom. The van der Waals surface area contributed by atoms with E-state index in [9.17, 15) is 22.0 Å². The predicted octanol–water partition coefficient (Wildman–Crippen LogP) is 4.34. The summed E-state index contributed by atoms with van der Waals surface area (Å²) >= 11 is 0. The van der Waals surface area contributed by atoms with E-state index in [-0.39, 0.29) is 12.0 Å². The number of halogens is 5. The molecule has 1 aromatic rings. The van der Waals surface area contributed by atoms with Crippen LogP contribution in [-0.2, 0) is 10.8 Å². The highest BCUT2D eigenvalue weighted by atomic mass is 28.2. The third-order valence-electron chi connectivity index (χ3n) is 4.06. The lowest BCUT2D eigenvalue weighted by Gasteiger charge is -2.23. The highest BCUT2D eigenvalue weighted by Gasteiger charge is 2.25. The molecule has 0 spiro atoms. The lowest BCUT2D eigenvalue weighted by molar-refractivity contribution is 0.109. The number of benzene rings is 1. The van der Waals surface area contributed by atoms with Gasteiger partial charge in [-0.05, 0) is 33.1 Å². The van der Waals surface area contributed by atoms with Crippen molar-refractivity contribution in [3.05, 3.63) is 34.6 Å². The summed E-state index contributed by atoms with van der Waals surface area (Å²) in [5.41, 5.74) is -0.825. The second-order valence-corrected chi connectivity index (χ2v) is 6.69. The van der Waals surface area contributed by atoms with Crippen LogP contribution in [0.1, 0.15) is 57.9 Å². The maximum atomic E-state index is 13.5. The molecule has 0 amide bonds. The molecule has 0 atom stereocenters. The van der Waals surface area contributed by atoms with E-state index in [0.29, 0.717) is 23.3 Å². The molecule has 0 N–H and O–H groups in total. The van der Waals surface area contributed by atoms with Crippen LogP contribution in [0.5, 0.6) is 0 Å². The molecule has 0 saturated heterocycles. The molecular formula is C16H23F5OSi. The molecule has 7 heteroatoms. The van der Waals surface area contributed by atoms with Gasteiger partial charge in [0.25, 0.3) is 0 Å². The Morgan fingerprint density at radius 1 is 0.739 bits per heavy atom. The Labute approximate surface area is 136 Å². The summed E-state index contributed by atoms with van der Waals surface area (Å²) in [6.07, 6.45) is 4.64. The van der Waals surface area contributed by atoms with Crippen molar-refractivity contribution in [3.63, 3.8) is 0 Å². The monoisotopic (exact) mass is 354 g/mol. The fourth-order valence-corrected chi connectivity index (χ4v) is 2.56. The SMILES string of the molecule is CC(C)(CCCCCCCc1c(F)c(F)c(F)c(F)c1F)O[SiH3]. The van der Waals surface area contributed by atoms with Crippen LogP contribution >= 0.6 is 0 Å². The van der Waals surface area contributed by atoms with Crippen molar-refractivity contribution in [2.24, 2.45) is 0 Å². The molecule has 1 rings (SSSR count). The van der Waals surface area contributed by atoms with Crippen molar-refractivity contribution < 1.29 is 26.4 Å². The first kappa shape index (κ1) is 20.1. The standard InChI is InChI=1S/C16H23F5OSi/c1-16(2,22-23)9-7-5-3-4-6-8-10-11(17)13(19)15(21)14(20)12(10)18/h3-9H2,1-2,23H3. The minimum Gasteiger partial charge on any atom is -0.423 e. The first-order chi connectivity index (χ1) is 10.7. The predicted molar refractivity (Wildman–Crippen MR) is 82.7 cm³/mol. The van der Waals surface area contributed by atoms with Crippen LogP contribution in [0.4, 0.5) is 22.0 Å². The molecule has 0 bridgehead atoms. The second kappa shape index (κ2) is 8.77. The Balaban J connectivity index is 2.40. The maximum Gasteiger partial charge on any atom is 0.200 e. The zero-order valence-electron chi connectivity index (χ0n) is 13.7. The Bertz CT molecular complexity index is 505. The topological polar surface area (TPSA) is 9.23 Å². The van der Waals surface area contributed by atoms with E-state index < -0.39 is 34.6 Å². The van der Waals surface area contributed by atoms with Gasteiger partial charge in [-0.3, -0.25) is 0 Å². The van der Waals surface area contributed by atoms with Gasteiger partial charge in [0.05, 0.1) is 0 Å². The van der Waals surface area contributed by atoms with Gasteiger partial charge in [0.15, 0.2) is 23.3 Å². The van der Waals surface area contributed by atoms with Crippen molar-refractivity contribution >= 4 is 10.5 Å². The molecule has 0 saturated carbocycles. The molecule has 1 nitrogen and oxygen atoms in total. The summed E-state index contributed by atoms with van der Waals surface area (Å²) < 4.78 is 71.4. The van der Waals surface area contributed by atoms with Crippen LogP contribution in [0, 0.1) is 29.1 Å². The highest BCUT2D eigenvalue weighted by Crippen LogP contribution is 2.25.